The van der Waals surface area contributed by atoms with E-state index in [0.717, 1.165) is 5.56 Å². The summed E-state index contributed by atoms with van der Waals surface area (Å²) in [4.78, 5) is 24.6. The molecule has 0 radical (unpaired) electrons. The zero-order valence-corrected chi connectivity index (χ0v) is 10.6. The first-order valence-corrected chi connectivity index (χ1v) is 5.66. The van der Waals surface area contributed by atoms with E-state index < -0.39 is 12.2 Å². The van der Waals surface area contributed by atoms with Crippen LogP contribution in [-0.2, 0) is 16.0 Å². The van der Waals surface area contributed by atoms with Crippen molar-refractivity contribution < 1.29 is 14.3 Å². The molecule has 18 heavy (non-hydrogen) atoms. The number of hydrogen-bond donors (Lipinski definition) is 1. The average Bonchev–Trinajstić information content (AvgIpc) is 2.28. The number of carbonyl (C=O) groups excluding carboxylic acids is 2. The summed E-state index contributed by atoms with van der Waals surface area (Å²) in [7, 11) is 3.60. The van der Waals surface area contributed by atoms with Crippen LogP contribution in [0.15, 0.2) is 30.3 Å². The number of benzene rings is 1. The number of ketones is 1. The number of rotatable bonds is 6. The molecule has 0 heterocycles. The Hall–Kier alpha value is -1.88. The molecule has 0 aliphatic heterocycles. The minimum absolute atomic E-state index is 0.159. The van der Waals surface area contributed by atoms with E-state index in [9.17, 15) is 9.59 Å². The van der Waals surface area contributed by atoms with E-state index in [1.807, 2.05) is 30.3 Å². The first-order chi connectivity index (χ1) is 8.49. The fraction of sp³-hybridized carbons (Fsp3) is 0.385. The molecule has 1 aromatic rings. The van der Waals surface area contributed by atoms with E-state index in [1.54, 1.807) is 19.0 Å². The molecule has 0 aliphatic rings. The van der Waals surface area contributed by atoms with Crippen LogP contribution in [-0.4, -0.2) is 43.5 Å². The number of ether oxygens (including phenoxy) is 1. The van der Waals surface area contributed by atoms with Gasteiger partial charge in [0.2, 0.25) is 0 Å². The molecule has 5 nitrogen and oxygen atoms in total. The molecule has 1 aromatic carbocycles. The van der Waals surface area contributed by atoms with Gasteiger partial charge in [-0.25, -0.2) is 4.79 Å². The Morgan fingerprint density at radius 1 is 1.28 bits per heavy atom. The van der Waals surface area contributed by atoms with Crippen LogP contribution in [0, 0.1) is 0 Å². The van der Waals surface area contributed by atoms with Crippen LogP contribution in [0.25, 0.3) is 0 Å². The normalized spacial score (nSPS) is 12.2. The first kappa shape index (κ1) is 14.2. The highest BCUT2D eigenvalue weighted by Crippen LogP contribution is 2.05. The van der Waals surface area contributed by atoms with Gasteiger partial charge in [-0.15, -0.1) is 0 Å². The Bertz CT molecular complexity index is 404. The molecule has 0 aliphatic carbocycles. The lowest BCUT2D eigenvalue weighted by atomic mass is 10.1. The van der Waals surface area contributed by atoms with E-state index in [-0.39, 0.29) is 12.2 Å². The number of likely N-dealkylation sites (N-methyl/N-ethyl adjacent to an activating group) is 1. The Labute approximate surface area is 107 Å². The molecule has 2 N–H and O–H groups in total. The molecule has 0 fully saturated rings. The predicted molar refractivity (Wildman–Crippen MR) is 68.2 cm³/mol. The van der Waals surface area contributed by atoms with Gasteiger partial charge in [0.15, 0.2) is 11.9 Å². The fourth-order valence-electron chi connectivity index (χ4n) is 1.59. The summed E-state index contributed by atoms with van der Waals surface area (Å²) in [5.41, 5.74) is 5.86. The zero-order chi connectivity index (χ0) is 13.5. The topological polar surface area (TPSA) is 72.6 Å². The van der Waals surface area contributed by atoms with Gasteiger partial charge in [-0.3, -0.25) is 4.79 Å². The van der Waals surface area contributed by atoms with Gasteiger partial charge in [0.05, 0.1) is 0 Å². The summed E-state index contributed by atoms with van der Waals surface area (Å²) in [5.74, 6) is -0.159. The lowest BCUT2D eigenvalue weighted by Gasteiger charge is -2.19. The van der Waals surface area contributed by atoms with Gasteiger partial charge in [0, 0.05) is 13.0 Å². The maximum atomic E-state index is 12.0. The van der Waals surface area contributed by atoms with Gasteiger partial charge in [-0.05, 0) is 19.7 Å². The number of Topliss-reactive ketones (excluding diaryl/α,β-unsaturated/α-hetero) is 1. The van der Waals surface area contributed by atoms with Crippen LogP contribution in [0.5, 0.6) is 0 Å². The van der Waals surface area contributed by atoms with Gasteiger partial charge < -0.3 is 15.4 Å². The van der Waals surface area contributed by atoms with Gasteiger partial charge in [0.1, 0.15) is 0 Å². The van der Waals surface area contributed by atoms with Crippen LogP contribution >= 0.6 is 0 Å². The van der Waals surface area contributed by atoms with Crippen molar-refractivity contribution in [2.45, 2.75) is 12.5 Å². The van der Waals surface area contributed by atoms with E-state index in [4.69, 9.17) is 10.5 Å². The molecule has 0 bridgehead atoms. The molecule has 0 spiro atoms. The monoisotopic (exact) mass is 250 g/mol. The third-order valence-corrected chi connectivity index (χ3v) is 2.37. The molecule has 0 unspecified atom stereocenters. The van der Waals surface area contributed by atoms with Crippen molar-refractivity contribution in [2.75, 3.05) is 20.6 Å². The number of amides is 1. The lowest BCUT2D eigenvalue weighted by molar-refractivity contribution is -0.127. The highest BCUT2D eigenvalue weighted by Gasteiger charge is 2.22. The van der Waals surface area contributed by atoms with Crippen molar-refractivity contribution in [2.24, 2.45) is 5.73 Å². The number of carbonyl (C=O) groups is 2. The van der Waals surface area contributed by atoms with Crippen LogP contribution < -0.4 is 5.73 Å². The second-order valence-corrected chi connectivity index (χ2v) is 4.32. The van der Waals surface area contributed by atoms with Crippen molar-refractivity contribution >= 4 is 11.9 Å². The third kappa shape index (κ3) is 4.97. The third-order valence-electron chi connectivity index (χ3n) is 2.37. The van der Waals surface area contributed by atoms with Crippen LogP contribution in [0.3, 0.4) is 0 Å². The first-order valence-electron chi connectivity index (χ1n) is 5.66. The SMILES string of the molecule is CN(C)C[C@@H](OC(N)=O)C(=O)Cc1ccccc1. The highest BCUT2D eigenvalue weighted by atomic mass is 16.6. The molecular weight excluding hydrogens is 232 g/mol. The van der Waals surface area contributed by atoms with E-state index in [2.05, 4.69) is 0 Å². The van der Waals surface area contributed by atoms with Crippen molar-refractivity contribution in [3.8, 4) is 0 Å². The average molecular weight is 250 g/mol. The van der Waals surface area contributed by atoms with Gasteiger partial charge in [0.25, 0.3) is 0 Å². The quantitative estimate of drug-likeness (QED) is 0.811. The Morgan fingerprint density at radius 2 is 1.89 bits per heavy atom. The minimum atomic E-state index is -0.928. The van der Waals surface area contributed by atoms with Gasteiger partial charge in [-0.2, -0.15) is 0 Å². The largest absolute Gasteiger partial charge is 0.437 e. The molecule has 1 rings (SSSR count). The van der Waals surface area contributed by atoms with Crippen LogP contribution in [0.1, 0.15) is 5.56 Å². The zero-order valence-electron chi connectivity index (χ0n) is 10.6. The molecule has 0 saturated carbocycles. The Kier molecular flexibility index (Phi) is 5.32. The molecular formula is C13H18N2O3. The molecule has 0 saturated heterocycles. The van der Waals surface area contributed by atoms with E-state index >= 15 is 0 Å². The van der Waals surface area contributed by atoms with Crippen LogP contribution in [0.4, 0.5) is 4.79 Å². The Balaban J connectivity index is 2.67. The van der Waals surface area contributed by atoms with Crippen molar-refractivity contribution in [3.05, 3.63) is 35.9 Å². The maximum absolute atomic E-state index is 12.0. The van der Waals surface area contributed by atoms with E-state index in [1.165, 1.54) is 0 Å². The molecule has 1 amide bonds. The summed E-state index contributed by atoms with van der Waals surface area (Å²) in [5, 5.41) is 0. The second-order valence-electron chi connectivity index (χ2n) is 4.32. The number of primary amides is 1. The van der Waals surface area contributed by atoms with Crippen molar-refractivity contribution in [1.82, 2.24) is 4.90 Å². The number of nitrogens with two attached hydrogens (primary N) is 1. The lowest BCUT2D eigenvalue weighted by Crippen LogP contribution is -2.39. The Morgan fingerprint density at radius 3 is 2.39 bits per heavy atom. The van der Waals surface area contributed by atoms with Crippen molar-refractivity contribution in [3.63, 3.8) is 0 Å². The standard InChI is InChI=1S/C13H18N2O3/c1-15(2)9-12(18-13(14)17)11(16)8-10-6-4-3-5-7-10/h3-7,12H,8-9H2,1-2H3,(H2,14,17)/t12-/m1/s1. The number of nitrogens with zero attached hydrogens (tertiary/aromatic N) is 1. The van der Waals surface area contributed by atoms with E-state index in [0.29, 0.717) is 6.54 Å². The smallest absolute Gasteiger partial charge is 0.405 e. The summed E-state index contributed by atoms with van der Waals surface area (Å²) in [6, 6.07) is 9.31. The summed E-state index contributed by atoms with van der Waals surface area (Å²) in [6.07, 6.45) is -1.52. The maximum Gasteiger partial charge on any atom is 0.405 e. The van der Waals surface area contributed by atoms with Gasteiger partial charge >= 0.3 is 6.09 Å². The molecule has 1 atom stereocenters. The second kappa shape index (κ2) is 6.76. The summed E-state index contributed by atoms with van der Waals surface area (Å²) in [6.45, 7) is 0.328. The summed E-state index contributed by atoms with van der Waals surface area (Å²) < 4.78 is 4.84. The minimum Gasteiger partial charge on any atom is -0.437 e. The molecule has 5 heteroatoms. The van der Waals surface area contributed by atoms with Crippen molar-refractivity contribution in [1.29, 1.82) is 0 Å². The molecule has 0 aromatic heterocycles. The molecule has 98 valence electrons. The van der Waals surface area contributed by atoms with Gasteiger partial charge in [-0.1, -0.05) is 30.3 Å². The predicted octanol–water partition coefficient (Wildman–Crippen LogP) is 0.824. The highest BCUT2D eigenvalue weighted by molar-refractivity contribution is 5.87. The fourth-order valence-corrected chi connectivity index (χ4v) is 1.59. The number of hydrogen-bond acceptors (Lipinski definition) is 4. The van der Waals surface area contributed by atoms with Crippen LogP contribution in [0.2, 0.25) is 0 Å². The summed E-state index contributed by atoms with van der Waals surface area (Å²) >= 11 is 0.